The average molecular weight is 355 g/mol. The normalized spacial score (nSPS) is 20.8. The van der Waals surface area contributed by atoms with Crippen LogP contribution in [0.3, 0.4) is 0 Å². The summed E-state index contributed by atoms with van der Waals surface area (Å²) >= 11 is 0. The summed E-state index contributed by atoms with van der Waals surface area (Å²) in [4.78, 5) is 23.8. The molecule has 2 unspecified atom stereocenters. The van der Waals surface area contributed by atoms with Crippen LogP contribution in [0.2, 0.25) is 0 Å². The summed E-state index contributed by atoms with van der Waals surface area (Å²) in [6.45, 7) is 6.67. The number of ether oxygens (including phenoxy) is 1. The van der Waals surface area contributed by atoms with Crippen LogP contribution in [-0.4, -0.2) is 25.1 Å². The van der Waals surface area contributed by atoms with Crippen LogP contribution in [0, 0.1) is 5.41 Å². The number of rotatable bonds is 7. The quantitative estimate of drug-likeness (QED) is 0.632. The number of nitrogens with one attached hydrogen (secondary N) is 1. The molecule has 25 heavy (non-hydrogen) atoms. The first-order valence-electron chi connectivity index (χ1n) is 8.56. The Balaban J connectivity index is 0.00000312. The zero-order valence-electron chi connectivity index (χ0n) is 15.6. The molecule has 1 aliphatic heterocycles. The van der Waals surface area contributed by atoms with E-state index in [0.29, 0.717) is 18.9 Å². The van der Waals surface area contributed by atoms with Crippen LogP contribution in [0.5, 0.6) is 0 Å². The van der Waals surface area contributed by atoms with Gasteiger partial charge in [-0.05, 0) is 29.9 Å². The van der Waals surface area contributed by atoms with E-state index in [0.717, 1.165) is 12.0 Å². The Kier molecular flexibility index (Phi) is 8.61. The number of aliphatic carboxylic acids is 1. The van der Waals surface area contributed by atoms with E-state index >= 15 is 0 Å². The van der Waals surface area contributed by atoms with Gasteiger partial charge in [0, 0.05) is 18.4 Å². The van der Waals surface area contributed by atoms with E-state index in [1.807, 2.05) is 19.1 Å². The van der Waals surface area contributed by atoms with Crippen LogP contribution < -0.4 is 40.0 Å². The third-order valence-corrected chi connectivity index (χ3v) is 4.78. The van der Waals surface area contributed by atoms with Gasteiger partial charge >= 0.3 is 29.6 Å². The van der Waals surface area contributed by atoms with Crippen molar-refractivity contribution in [2.75, 3.05) is 13.2 Å². The summed E-state index contributed by atoms with van der Waals surface area (Å²) in [5, 5.41) is 14.4. The number of carbonyl (C=O) groups excluding carboxylic acids is 2. The molecule has 1 aromatic carbocycles. The molecule has 0 aliphatic carbocycles. The van der Waals surface area contributed by atoms with Crippen LogP contribution in [0.4, 0.5) is 0 Å². The molecule has 0 bridgehead atoms. The molecule has 0 spiro atoms. The maximum absolute atomic E-state index is 12.4. The molecule has 0 aromatic heterocycles. The zero-order valence-corrected chi connectivity index (χ0v) is 17.6. The van der Waals surface area contributed by atoms with Gasteiger partial charge in [0.1, 0.15) is 0 Å². The molecular formula is C19H26NNaO4. The number of carboxylic acid groups (broad SMARTS) is 1. The zero-order chi connectivity index (χ0) is 17.7. The van der Waals surface area contributed by atoms with Gasteiger partial charge in [-0.3, -0.25) is 4.79 Å². The summed E-state index contributed by atoms with van der Waals surface area (Å²) in [6.07, 6.45) is 0.958. The fourth-order valence-corrected chi connectivity index (χ4v) is 3.07. The SMILES string of the molecule is CCC(NC(=O)CC1(C(=O)[O-])CCOC1)c1ccc(C(C)C)cc1.[Na+]. The first-order valence-corrected chi connectivity index (χ1v) is 8.56. The molecule has 5 nitrogen and oxygen atoms in total. The summed E-state index contributed by atoms with van der Waals surface area (Å²) in [6, 6.07) is 8.07. The standard InChI is InChI=1S/C19H27NO4.Na/c1-4-16(15-7-5-14(6-8-15)13(2)3)20-17(21)11-19(18(22)23)9-10-24-12-19;/h5-8,13,16H,4,9-12H2,1-3H3,(H,20,21)(H,22,23);/q;+1/p-1. The minimum absolute atomic E-state index is 0. The third-order valence-electron chi connectivity index (χ3n) is 4.78. The van der Waals surface area contributed by atoms with Crippen molar-refractivity contribution in [3.05, 3.63) is 35.4 Å². The molecule has 1 N–H and O–H groups in total. The molecule has 1 heterocycles. The van der Waals surface area contributed by atoms with E-state index in [2.05, 4.69) is 31.3 Å². The van der Waals surface area contributed by atoms with Crippen molar-refractivity contribution in [2.45, 2.75) is 52.0 Å². The second kappa shape index (κ2) is 9.72. The van der Waals surface area contributed by atoms with Crippen molar-refractivity contribution in [3.8, 4) is 0 Å². The van der Waals surface area contributed by atoms with Crippen molar-refractivity contribution in [2.24, 2.45) is 5.41 Å². The fraction of sp³-hybridized carbons (Fsp3) is 0.579. The van der Waals surface area contributed by atoms with Crippen LogP contribution in [0.15, 0.2) is 24.3 Å². The monoisotopic (exact) mass is 355 g/mol. The number of carbonyl (C=O) groups is 2. The van der Waals surface area contributed by atoms with Gasteiger partial charge in [-0.2, -0.15) is 0 Å². The van der Waals surface area contributed by atoms with Crippen molar-refractivity contribution in [3.63, 3.8) is 0 Å². The smallest absolute Gasteiger partial charge is 0.549 e. The van der Waals surface area contributed by atoms with E-state index in [1.54, 1.807) is 0 Å². The average Bonchev–Trinajstić information content (AvgIpc) is 3.02. The van der Waals surface area contributed by atoms with Gasteiger partial charge in [0.15, 0.2) is 0 Å². The molecule has 1 saturated heterocycles. The van der Waals surface area contributed by atoms with Gasteiger partial charge in [0.05, 0.1) is 18.6 Å². The van der Waals surface area contributed by atoms with Crippen molar-refractivity contribution < 1.29 is 49.0 Å². The van der Waals surface area contributed by atoms with Gasteiger partial charge in [-0.25, -0.2) is 0 Å². The minimum atomic E-state index is -1.20. The van der Waals surface area contributed by atoms with Crippen molar-refractivity contribution in [1.29, 1.82) is 0 Å². The van der Waals surface area contributed by atoms with Gasteiger partial charge in [-0.1, -0.05) is 45.0 Å². The summed E-state index contributed by atoms with van der Waals surface area (Å²) in [5.41, 5.74) is 1.09. The maximum Gasteiger partial charge on any atom is 1.00 e. The molecule has 6 heteroatoms. The third kappa shape index (κ3) is 5.55. The Morgan fingerprint density at radius 3 is 2.28 bits per heavy atom. The number of hydrogen-bond acceptors (Lipinski definition) is 4. The molecule has 2 rings (SSSR count). The molecular weight excluding hydrogens is 329 g/mol. The molecule has 1 fully saturated rings. The largest absolute Gasteiger partial charge is 1.00 e. The van der Waals surface area contributed by atoms with Crippen molar-refractivity contribution >= 4 is 11.9 Å². The van der Waals surface area contributed by atoms with E-state index in [4.69, 9.17) is 4.74 Å². The molecule has 1 amide bonds. The number of benzene rings is 1. The van der Waals surface area contributed by atoms with Crippen molar-refractivity contribution in [1.82, 2.24) is 5.32 Å². The fourth-order valence-electron chi connectivity index (χ4n) is 3.07. The van der Waals surface area contributed by atoms with E-state index in [9.17, 15) is 14.7 Å². The molecule has 0 radical (unpaired) electrons. The van der Waals surface area contributed by atoms with Crippen LogP contribution in [0.1, 0.15) is 63.1 Å². The van der Waals surface area contributed by atoms with Gasteiger partial charge in [0.25, 0.3) is 0 Å². The first-order chi connectivity index (χ1) is 11.4. The summed E-state index contributed by atoms with van der Waals surface area (Å²) in [5.74, 6) is -1.02. The van der Waals surface area contributed by atoms with Gasteiger partial charge < -0.3 is 20.0 Å². The Labute approximate surface area is 171 Å². The summed E-state index contributed by atoms with van der Waals surface area (Å²) in [7, 11) is 0. The second-order valence-electron chi connectivity index (χ2n) is 6.90. The van der Waals surface area contributed by atoms with E-state index in [-0.39, 0.29) is 54.5 Å². The molecule has 2 atom stereocenters. The van der Waals surface area contributed by atoms with Crippen LogP contribution in [0.25, 0.3) is 0 Å². The second-order valence-corrected chi connectivity index (χ2v) is 6.90. The minimum Gasteiger partial charge on any atom is -0.549 e. The number of amides is 1. The predicted octanol–water partition coefficient (Wildman–Crippen LogP) is -1.07. The molecule has 132 valence electrons. The first kappa shape index (κ1) is 22.2. The Hall–Kier alpha value is -0.880. The summed E-state index contributed by atoms with van der Waals surface area (Å²) < 4.78 is 5.17. The van der Waals surface area contributed by atoms with Gasteiger partial charge in [-0.15, -0.1) is 0 Å². The van der Waals surface area contributed by atoms with Gasteiger partial charge in [0.2, 0.25) is 5.91 Å². The Bertz CT molecular complexity index is 580. The number of hydrogen-bond donors (Lipinski definition) is 1. The van der Waals surface area contributed by atoms with E-state index in [1.165, 1.54) is 5.56 Å². The van der Waals surface area contributed by atoms with Crippen LogP contribution in [-0.2, 0) is 14.3 Å². The maximum atomic E-state index is 12.4. The molecule has 1 aromatic rings. The Morgan fingerprint density at radius 1 is 1.24 bits per heavy atom. The number of carboxylic acids is 1. The Morgan fingerprint density at radius 2 is 1.84 bits per heavy atom. The van der Waals surface area contributed by atoms with E-state index < -0.39 is 11.4 Å². The predicted molar refractivity (Wildman–Crippen MR) is 89.2 cm³/mol. The molecule has 1 aliphatic rings. The topological polar surface area (TPSA) is 78.5 Å². The molecule has 0 saturated carbocycles. The van der Waals surface area contributed by atoms with Crippen LogP contribution >= 0.6 is 0 Å².